The van der Waals surface area contributed by atoms with Crippen LogP contribution in [0.3, 0.4) is 0 Å². The van der Waals surface area contributed by atoms with E-state index in [9.17, 15) is 0 Å². The fraction of sp³-hybridized carbons (Fsp3) is 0.318. The first-order valence-corrected chi connectivity index (χ1v) is 9.85. The number of aromatic nitrogens is 3. The van der Waals surface area contributed by atoms with E-state index in [4.69, 9.17) is 4.98 Å². The maximum Gasteiger partial charge on any atom is 0.247 e. The maximum absolute atomic E-state index is 4.73. The van der Waals surface area contributed by atoms with Gasteiger partial charge in [-0.05, 0) is 36.6 Å². The van der Waals surface area contributed by atoms with Crippen LogP contribution in [0.5, 0.6) is 0 Å². The molecule has 0 saturated carbocycles. The largest absolute Gasteiger partial charge is 0.368 e. The van der Waals surface area contributed by atoms with Gasteiger partial charge in [-0.15, -0.1) is 5.10 Å². The topological polar surface area (TPSA) is 57.2 Å². The SMILES string of the molecule is CCc1cccc(C)c1Nc1cnnc(N2CCN(c3ccccc3)CC2)n1. The molecule has 1 saturated heterocycles. The molecule has 4 rings (SSSR count). The summed E-state index contributed by atoms with van der Waals surface area (Å²) >= 11 is 0. The molecule has 0 unspecified atom stereocenters. The van der Waals surface area contributed by atoms with E-state index in [0.29, 0.717) is 5.95 Å². The molecule has 3 aromatic rings. The van der Waals surface area contributed by atoms with Crippen molar-refractivity contribution in [2.75, 3.05) is 41.3 Å². The molecule has 1 N–H and O–H groups in total. The summed E-state index contributed by atoms with van der Waals surface area (Å²) in [7, 11) is 0. The Labute approximate surface area is 166 Å². The number of aryl methyl sites for hydroxylation is 2. The Morgan fingerprint density at radius 1 is 0.929 bits per heavy atom. The zero-order chi connectivity index (χ0) is 19.3. The Kier molecular flexibility index (Phi) is 5.37. The summed E-state index contributed by atoms with van der Waals surface area (Å²) in [5, 5.41) is 11.9. The van der Waals surface area contributed by atoms with Gasteiger partial charge in [0.05, 0.1) is 6.20 Å². The van der Waals surface area contributed by atoms with Crippen molar-refractivity contribution in [3.63, 3.8) is 0 Å². The van der Waals surface area contributed by atoms with Gasteiger partial charge in [0, 0.05) is 37.6 Å². The standard InChI is InChI=1S/C22H26N6/c1-3-18-9-7-8-17(2)21(18)24-20-16-23-26-22(25-20)28-14-12-27(13-15-28)19-10-5-4-6-11-19/h4-11,16H,3,12-15H2,1-2H3,(H,24,25,26). The predicted octanol–water partition coefficient (Wildman–Crippen LogP) is 3.81. The van der Waals surface area contributed by atoms with Gasteiger partial charge in [0.25, 0.3) is 0 Å². The number of anilines is 4. The van der Waals surface area contributed by atoms with Crippen LogP contribution < -0.4 is 15.1 Å². The first-order chi connectivity index (χ1) is 13.7. The second-order valence-electron chi connectivity index (χ2n) is 7.04. The Bertz CT molecular complexity index is 919. The maximum atomic E-state index is 4.73. The van der Waals surface area contributed by atoms with Crippen molar-refractivity contribution in [3.8, 4) is 0 Å². The van der Waals surface area contributed by atoms with E-state index in [1.54, 1.807) is 6.20 Å². The molecular formula is C22H26N6. The van der Waals surface area contributed by atoms with Crippen LogP contribution in [-0.2, 0) is 6.42 Å². The van der Waals surface area contributed by atoms with Crippen molar-refractivity contribution in [2.24, 2.45) is 0 Å². The molecule has 28 heavy (non-hydrogen) atoms. The first kappa shape index (κ1) is 18.2. The summed E-state index contributed by atoms with van der Waals surface area (Å²) in [6.45, 7) is 7.93. The van der Waals surface area contributed by atoms with Crippen LogP contribution in [0.15, 0.2) is 54.7 Å². The average molecular weight is 374 g/mol. The van der Waals surface area contributed by atoms with Gasteiger partial charge in [0.15, 0.2) is 5.82 Å². The van der Waals surface area contributed by atoms with E-state index in [0.717, 1.165) is 44.1 Å². The number of hydrogen-bond donors (Lipinski definition) is 1. The fourth-order valence-corrected chi connectivity index (χ4v) is 3.62. The van der Waals surface area contributed by atoms with Crippen molar-refractivity contribution in [3.05, 3.63) is 65.9 Å². The van der Waals surface area contributed by atoms with Crippen molar-refractivity contribution >= 4 is 23.1 Å². The van der Waals surface area contributed by atoms with Crippen molar-refractivity contribution in [2.45, 2.75) is 20.3 Å². The van der Waals surface area contributed by atoms with Gasteiger partial charge in [-0.1, -0.05) is 43.3 Å². The molecule has 0 amide bonds. The lowest BCUT2D eigenvalue weighted by molar-refractivity contribution is 0.635. The molecule has 0 bridgehead atoms. The number of rotatable bonds is 5. The molecule has 1 fully saturated rings. The molecule has 2 aromatic carbocycles. The van der Waals surface area contributed by atoms with Gasteiger partial charge >= 0.3 is 0 Å². The number of hydrogen-bond acceptors (Lipinski definition) is 6. The molecule has 0 radical (unpaired) electrons. The van der Waals surface area contributed by atoms with E-state index < -0.39 is 0 Å². The van der Waals surface area contributed by atoms with Crippen LogP contribution in [0.1, 0.15) is 18.1 Å². The lowest BCUT2D eigenvalue weighted by atomic mass is 10.1. The number of para-hydroxylation sites is 2. The third kappa shape index (κ3) is 3.91. The van der Waals surface area contributed by atoms with Crippen LogP contribution in [0.25, 0.3) is 0 Å². The molecule has 0 aliphatic carbocycles. The van der Waals surface area contributed by atoms with Gasteiger partial charge in [-0.2, -0.15) is 10.1 Å². The van der Waals surface area contributed by atoms with Crippen LogP contribution >= 0.6 is 0 Å². The highest BCUT2D eigenvalue weighted by Crippen LogP contribution is 2.25. The summed E-state index contributed by atoms with van der Waals surface area (Å²) in [6.07, 6.45) is 2.66. The molecular weight excluding hydrogens is 348 g/mol. The highest BCUT2D eigenvalue weighted by Gasteiger charge is 2.20. The molecule has 0 spiro atoms. The molecule has 6 nitrogen and oxygen atoms in total. The monoisotopic (exact) mass is 374 g/mol. The van der Waals surface area contributed by atoms with Crippen LogP contribution in [-0.4, -0.2) is 41.4 Å². The van der Waals surface area contributed by atoms with E-state index in [2.05, 4.69) is 87.7 Å². The molecule has 1 aliphatic rings. The molecule has 2 heterocycles. The lowest BCUT2D eigenvalue weighted by Crippen LogP contribution is -2.47. The quantitative estimate of drug-likeness (QED) is 0.733. The van der Waals surface area contributed by atoms with Gasteiger partial charge in [-0.25, -0.2) is 0 Å². The normalized spacial score (nSPS) is 14.2. The smallest absolute Gasteiger partial charge is 0.247 e. The molecule has 0 atom stereocenters. The minimum absolute atomic E-state index is 0.685. The summed E-state index contributed by atoms with van der Waals surface area (Å²) in [5.74, 6) is 1.42. The average Bonchev–Trinajstić information content (AvgIpc) is 2.76. The Balaban J connectivity index is 1.46. The summed E-state index contributed by atoms with van der Waals surface area (Å²) in [5.41, 5.74) is 4.86. The molecule has 6 heteroatoms. The number of piperazine rings is 1. The zero-order valence-electron chi connectivity index (χ0n) is 16.5. The molecule has 144 valence electrons. The third-order valence-corrected chi connectivity index (χ3v) is 5.22. The Morgan fingerprint density at radius 3 is 2.43 bits per heavy atom. The highest BCUT2D eigenvalue weighted by molar-refractivity contribution is 5.64. The third-order valence-electron chi connectivity index (χ3n) is 5.22. The van der Waals surface area contributed by atoms with E-state index in [1.807, 2.05) is 0 Å². The Hall–Kier alpha value is -3.15. The second-order valence-corrected chi connectivity index (χ2v) is 7.04. The van der Waals surface area contributed by atoms with Gasteiger partial charge in [0.2, 0.25) is 5.95 Å². The zero-order valence-corrected chi connectivity index (χ0v) is 16.5. The Morgan fingerprint density at radius 2 is 1.68 bits per heavy atom. The van der Waals surface area contributed by atoms with Gasteiger partial charge in [-0.3, -0.25) is 0 Å². The van der Waals surface area contributed by atoms with Crippen molar-refractivity contribution < 1.29 is 0 Å². The summed E-state index contributed by atoms with van der Waals surface area (Å²) in [4.78, 5) is 9.33. The van der Waals surface area contributed by atoms with Gasteiger partial charge in [0.1, 0.15) is 0 Å². The fourth-order valence-electron chi connectivity index (χ4n) is 3.62. The van der Waals surface area contributed by atoms with Crippen LogP contribution in [0.2, 0.25) is 0 Å². The lowest BCUT2D eigenvalue weighted by Gasteiger charge is -2.35. The van der Waals surface area contributed by atoms with E-state index in [-0.39, 0.29) is 0 Å². The number of benzene rings is 2. The van der Waals surface area contributed by atoms with Gasteiger partial charge < -0.3 is 15.1 Å². The molecule has 1 aromatic heterocycles. The minimum Gasteiger partial charge on any atom is -0.368 e. The second kappa shape index (κ2) is 8.25. The van der Waals surface area contributed by atoms with Crippen LogP contribution in [0.4, 0.5) is 23.1 Å². The highest BCUT2D eigenvalue weighted by atomic mass is 15.4. The summed E-state index contributed by atoms with van der Waals surface area (Å²) in [6, 6.07) is 16.9. The van der Waals surface area contributed by atoms with Crippen molar-refractivity contribution in [1.29, 1.82) is 0 Å². The molecule has 1 aliphatic heterocycles. The predicted molar refractivity (Wildman–Crippen MR) is 115 cm³/mol. The number of nitrogens with one attached hydrogen (secondary N) is 1. The minimum atomic E-state index is 0.685. The summed E-state index contributed by atoms with van der Waals surface area (Å²) < 4.78 is 0. The van der Waals surface area contributed by atoms with E-state index in [1.165, 1.54) is 16.8 Å². The van der Waals surface area contributed by atoms with Crippen molar-refractivity contribution in [1.82, 2.24) is 15.2 Å². The first-order valence-electron chi connectivity index (χ1n) is 9.85. The number of nitrogens with zero attached hydrogens (tertiary/aromatic N) is 5. The van der Waals surface area contributed by atoms with Crippen LogP contribution in [0, 0.1) is 6.92 Å². The van der Waals surface area contributed by atoms with E-state index >= 15 is 0 Å².